The predicted molar refractivity (Wildman–Crippen MR) is 117 cm³/mol. The van der Waals surface area contributed by atoms with Gasteiger partial charge in [-0.05, 0) is 48.6 Å². The van der Waals surface area contributed by atoms with Crippen LogP contribution in [0.2, 0.25) is 0 Å². The zero-order valence-electron chi connectivity index (χ0n) is 17.4. The van der Waals surface area contributed by atoms with Crippen LogP contribution in [0.4, 0.5) is 5.69 Å². The van der Waals surface area contributed by atoms with E-state index in [1.54, 1.807) is 11.0 Å². The van der Waals surface area contributed by atoms with Crippen LogP contribution >= 0.6 is 0 Å². The largest absolute Gasteiger partial charge is 0.507 e. The highest BCUT2D eigenvalue weighted by molar-refractivity contribution is 5.96. The van der Waals surface area contributed by atoms with Crippen molar-refractivity contribution in [3.05, 3.63) is 59.2 Å². The van der Waals surface area contributed by atoms with Crippen LogP contribution in [0.5, 0.6) is 5.75 Å². The molecule has 0 aromatic heterocycles. The quantitative estimate of drug-likeness (QED) is 0.604. The number of nitrogens with one attached hydrogen (secondary N) is 1. The van der Waals surface area contributed by atoms with Gasteiger partial charge in [0, 0.05) is 11.8 Å². The number of carbonyl (C=O) groups is 2. The number of carboxylic acid groups (broad SMARTS) is 1. The molecule has 2 aromatic carbocycles. The van der Waals surface area contributed by atoms with E-state index < -0.39 is 5.97 Å². The Labute approximate surface area is 177 Å². The molecule has 1 saturated carbocycles. The van der Waals surface area contributed by atoms with Crippen LogP contribution in [0.25, 0.3) is 0 Å². The normalized spacial score (nSPS) is 14.4. The fraction of sp³-hybridized carbons (Fsp3) is 0.417. The third kappa shape index (κ3) is 5.39. The molecule has 2 aromatic rings. The molecule has 0 heterocycles. The number of anilines is 1. The fourth-order valence-corrected chi connectivity index (χ4v) is 4.03. The highest BCUT2D eigenvalue weighted by Crippen LogP contribution is 2.33. The van der Waals surface area contributed by atoms with Crippen LogP contribution in [0, 0.1) is 0 Å². The number of hydrogen-bond donors (Lipinski definition) is 3. The molecule has 3 N–H and O–H groups in total. The Morgan fingerprint density at radius 2 is 1.77 bits per heavy atom. The Morgan fingerprint density at radius 3 is 2.37 bits per heavy atom. The second-order valence-corrected chi connectivity index (χ2v) is 7.84. The summed E-state index contributed by atoms with van der Waals surface area (Å²) in [6.07, 6.45) is 6.37. The van der Waals surface area contributed by atoms with Crippen molar-refractivity contribution < 1.29 is 19.8 Å². The SMILES string of the molecule is CCNCC(=O)N(Cc1ccc(C2CCCCC2)cc1)c1ccc(C(=O)O)c(O)c1. The van der Waals surface area contributed by atoms with Gasteiger partial charge in [0.25, 0.3) is 0 Å². The summed E-state index contributed by atoms with van der Waals surface area (Å²) in [5, 5.41) is 22.3. The Hall–Kier alpha value is -2.86. The Bertz CT molecular complexity index is 873. The molecular weight excluding hydrogens is 380 g/mol. The lowest BCUT2D eigenvalue weighted by molar-refractivity contribution is -0.117. The van der Waals surface area contributed by atoms with Gasteiger partial charge in [-0.1, -0.05) is 50.5 Å². The number of likely N-dealkylation sites (N-methyl/N-ethyl adjacent to an activating group) is 1. The van der Waals surface area contributed by atoms with Crippen LogP contribution in [0.1, 0.15) is 66.4 Å². The maximum absolute atomic E-state index is 12.8. The number of phenols is 1. The molecule has 1 aliphatic carbocycles. The minimum absolute atomic E-state index is 0.143. The van der Waals surface area contributed by atoms with Gasteiger partial charge in [-0.25, -0.2) is 4.79 Å². The van der Waals surface area contributed by atoms with Crippen LogP contribution in [-0.4, -0.2) is 35.2 Å². The molecule has 1 amide bonds. The molecule has 1 aliphatic rings. The molecule has 1 fully saturated rings. The molecule has 0 aliphatic heterocycles. The lowest BCUT2D eigenvalue weighted by Gasteiger charge is -2.25. The number of amides is 1. The van der Waals surface area contributed by atoms with Crippen molar-refractivity contribution in [2.45, 2.75) is 51.5 Å². The van der Waals surface area contributed by atoms with Crippen LogP contribution in [-0.2, 0) is 11.3 Å². The number of nitrogens with zero attached hydrogens (tertiary/aromatic N) is 1. The first-order chi connectivity index (χ1) is 14.5. The minimum atomic E-state index is -1.21. The first kappa shape index (κ1) is 21.8. The van der Waals surface area contributed by atoms with E-state index in [0.717, 1.165) is 5.56 Å². The van der Waals surface area contributed by atoms with E-state index in [9.17, 15) is 14.7 Å². The molecule has 0 unspecified atom stereocenters. The maximum atomic E-state index is 12.8. The number of aromatic hydroxyl groups is 1. The Kier molecular flexibility index (Phi) is 7.46. The number of hydrogen-bond acceptors (Lipinski definition) is 4. The highest BCUT2D eigenvalue weighted by Gasteiger charge is 2.20. The van der Waals surface area contributed by atoms with Crippen molar-refractivity contribution >= 4 is 17.6 Å². The fourth-order valence-electron chi connectivity index (χ4n) is 4.03. The van der Waals surface area contributed by atoms with Crippen LogP contribution < -0.4 is 10.2 Å². The van der Waals surface area contributed by atoms with Gasteiger partial charge >= 0.3 is 5.97 Å². The van der Waals surface area contributed by atoms with Gasteiger partial charge in [-0.15, -0.1) is 0 Å². The second kappa shape index (κ2) is 10.3. The molecule has 160 valence electrons. The number of rotatable bonds is 8. The first-order valence-electron chi connectivity index (χ1n) is 10.7. The van der Waals surface area contributed by atoms with Gasteiger partial charge in [0.05, 0.1) is 13.1 Å². The summed E-state index contributed by atoms with van der Waals surface area (Å²) in [4.78, 5) is 25.6. The summed E-state index contributed by atoms with van der Waals surface area (Å²) in [6, 6.07) is 12.7. The van der Waals surface area contributed by atoms with Crippen molar-refractivity contribution in [2.75, 3.05) is 18.0 Å². The van der Waals surface area contributed by atoms with E-state index in [1.165, 1.54) is 49.8 Å². The minimum Gasteiger partial charge on any atom is -0.507 e. The van der Waals surface area contributed by atoms with Gasteiger partial charge in [-0.2, -0.15) is 0 Å². The average molecular weight is 411 g/mol. The average Bonchev–Trinajstić information content (AvgIpc) is 2.76. The van der Waals surface area contributed by atoms with E-state index in [2.05, 4.69) is 29.6 Å². The monoisotopic (exact) mass is 410 g/mol. The molecule has 6 nitrogen and oxygen atoms in total. The maximum Gasteiger partial charge on any atom is 0.339 e. The summed E-state index contributed by atoms with van der Waals surface area (Å²) in [7, 11) is 0. The summed E-state index contributed by atoms with van der Waals surface area (Å²) in [5.41, 5.74) is 2.63. The van der Waals surface area contributed by atoms with Crippen LogP contribution in [0.3, 0.4) is 0 Å². The predicted octanol–water partition coefficient (Wildman–Crippen LogP) is 4.28. The lowest BCUT2D eigenvalue weighted by atomic mass is 9.84. The molecule has 0 bridgehead atoms. The van der Waals surface area contributed by atoms with E-state index in [-0.39, 0.29) is 23.8 Å². The van der Waals surface area contributed by atoms with Gasteiger partial charge in [-0.3, -0.25) is 4.79 Å². The molecule has 0 atom stereocenters. The van der Waals surface area contributed by atoms with Crippen molar-refractivity contribution in [2.24, 2.45) is 0 Å². The van der Waals surface area contributed by atoms with Gasteiger partial charge in [0.1, 0.15) is 11.3 Å². The van der Waals surface area contributed by atoms with Gasteiger partial charge in [0.15, 0.2) is 0 Å². The summed E-state index contributed by atoms with van der Waals surface area (Å²) >= 11 is 0. The van der Waals surface area contributed by atoms with Crippen molar-refractivity contribution in [3.8, 4) is 5.75 Å². The molecule has 0 spiro atoms. The van der Waals surface area contributed by atoms with Crippen molar-refractivity contribution in [1.82, 2.24) is 5.32 Å². The summed E-state index contributed by atoms with van der Waals surface area (Å²) in [5.74, 6) is -1.08. The molecule has 0 saturated heterocycles. The summed E-state index contributed by atoms with van der Waals surface area (Å²) < 4.78 is 0. The molecule has 30 heavy (non-hydrogen) atoms. The lowest BCUT2D eigenvalue weighted by Crippen LogP contribution is -2.37. The number of aromatic carboxylic acids is 1. The zero-order chi connectivity index (χ0) is 21.5. The third-order valence-electron chi connectivity index (χ3n) is 5.75. The number of carbonyl (C=O) groups excluding carboxylic acids is 1. The third-order valence-corrected chi connectivity index (χ3v) is 5.75. The Morgan fingerprint density at radius 1 is 1.07 bits per heavy atom. The van der Waals surface area contributed by atoms with E-state index >= 15 is 0 Å². The molecular formula is C24H30N2O4. The topological polar surface area (TPSA) is 89.9 Å². The first-order valence-corrected chi connectivity index (χ1v) is 10.7. The zero-order valence-corrected chi connectivity index (χ0v) is 17.4. The highest BCUT2D eigenvalue weighted by atomic mass is 16.4. The Balaban J connectivity index is 1.81. The van der Waals surface area contributed by atoms with E-state index in [0.29, 0.717) is 24.7 Å². The molecule has 3 rings (SSSR count). The number of carboxylic acids is 1. The summed E-state index contributed by atoms with van der Waals surface area (Å²) in [6.45, 7) is 3.10. The van der Waals surface area contributed by atoms with Gasteiger partial charge in [0.2, 0.25) is 5.91 Å². The van der Waals surface area contributed by atoms with Gasteiger partial charge < -0.3 is 20.4 Å². The van der Waals surface area contributed by atoms with Crippen LogP contribution in [0.15, 0.2) is 42.5 Å². The smallest absolute Gasteiger partial charge is 0.339 e. The molecule has 6 heteroatoms. The standard InChI is InChI=1S/C24H30N2O4/c1-2-25-15-23(28)26(20-12-13-21(24(29)30)22(27)14-20)16-17-8-10-19(11-9-17)18-6-4-3-5-7-18/h8-14,18,25,27H,2-7,15-16H2,1H3,(H,29,30). The van der Waals surface area contributed by atoms with E-state index in [4.69, 9.17) is 5.11 Å². The molecule has 0 radical (unpaired) electrons. The van der Waals surface area contributed by atoms with Crippen molar-refractivity contribution in [3.63, 3.8) is 0 Å². The van der Waals surface area contributed by atoms with Crippen molar-refractivity contribution in [1.29, 1.82) is 0 Å². The second-order valence-electron chi connectivity index (χ2n) is 7.84. The number of benzene rings is 2. The van der Waals surface area contributed by atoms with E-state index in [1.807, 2.05) is 6.92 Å².